The second-order valence-electron chi connectivity index (χ2n) is 6.98. The quantitative estimate of drug-likeness (QED) is 0.620. The summed E-state index contributed by atoms with van der Waals surface area (Å²) in [6, 6.07) is 12.9. The summed E-state index contributed by atoms with van der Waals surface area (Å²) in [6.45, 7) is 3.77. The molecule has 3 aromatic rings. The third-order valence-electron chi connectivity index (χ3n) is 4.86. The number of rotatable bonds is 6. The second-order valence-corrected chi connectivity index (χ2v) is 7.93. The number of carbonyl (C=O) groups excluding carboxylic acids is 1. The van der Waals surface area contributed by atoms with Crippen LogP contribution in [0.15, 0.2) is 53.9 Å². The summed E-state index contributed by atoms with van der Waals surface area (Å²) in [5.41, 5.74) is 3.08. The molecule has 0 spiro atoms. The molecule has 0 atom stereocenters. The van der Waals surface area contributed by atoms with Crippen LogP contribution in [0.3, 0.4) is 0 Å². The van der Waals surface area contributed by atoms with Crippen molar-refractivity contribution < 1.29 is 9.18 Å². The lowest BCUT2D eigenvalue weighted by molar-refractivity contribution is -0.113. The summed E-state index contributed by atoms with van der Waals surface area (Å²) in [7, 11) is 0. The first-order valence-electron chi connectivity index (χ1n) is 9.55. The average molecular weight is 412 g/mol. The molecule has 1 N–H and O–H groups in total. The minimum absolute atomic E-state index is 0.109. The molecular weight excluding hydrogens is 389 g/mol. The standard InChI is InChI=1S/C21H22FN5OS/c1-15-7-9-16(10-8-15)27-14-23-25-21(27)29-13-19(28)24-20-17(22)5-4-6-18(20)26-11-2-3-12-26/h4-10,14H,2-3,11-13H2,1H3,(H,24,28). The first-order chi connectivity index (χ1) is 14.1. The molecule has 29 heavy (non-hydrogen) atoms. The highest BCUT2D eigenvalue weighted by Crippen LogP contribution is 2.31. The number of hydrogen-bond acceptors (Lipinski definition) is 5. The zero-order valence-corrected chi connectivity index (χ0v) is 17.0. The molecule has 1 aromatic heterocycles. The number of halogens is 1. The van der Waals surface area contributed by atoms with E-state index in [0.29, 0.717) is 5.16 Å². The maximum atomic E-state index is 14.4. The van der Waals surface area contributed by atoms with Crippen LogP contribution in [-0.4, -0.2) is 39.5 Å². The van der Waals surface area contributed by atoms with E-state index in [1.807, 2.05) is 41.8 Å². The molecule has 2 aromatic carbocycles. The number of amides is 1. The molecule has 1 aliphatic rings. The van der Waals surface area contributed by atoms with Gasteiger partial charge in [-0.3, -0.25) is 9.36 Å². The SMILES string of the molecule is Cc1ccc(-n2cnnc2SCC(=O)Nc2c(F)cccc2N2CCCC2)cc1. The summed E-state index contributed by atoms with van der Waals surface area (Å²) in [5.74, 6) is -0.590. The number of anilines is 2. The third kappa shape index (κ3) is 4.42. The molecule has 1 saturated heterocycles. The van der Waals surface area contributed by atoms with E-state index in [0.717, 1.165) is 42.9 Å². The molecule has 8 heteroatoms. The normalized spacial score (nSPS) is 13.7. The van der Waals surface area contributed by atoms with Crippen molar-refractivity contribution in [2.24, 2.45) is 0 Å². The minimum atomic E-state index is -0.421. The Morgan fingerprint density at radius 3 is 2.69 bits per heavy atom. The van der Waals surface area contributed by atoms with Crippen LogP contribution in [0.25, 0.3) is 5.69 Å². The van der Waals surface area contributed by atoms with Gasteiger partial charge in [0.2, 0.25) is 5.91 Å². The Hall–Kier alpha value is -2.87. The van der Waals surface area contributed by atoms with E-state index < -0.39 is 5.82 Å². The van der Waals surface area contributed by atoms with Crippen LogP contribution in [0, 0.1) is 12.7 Å². The van der Waals surface area contributed by atoms with Gasteiger partial charge in [-0.05, 0) is 44.0 Å². The number of aryl methyl sites for hydroxylation is 1. The van der Waals surface area contributed by atoms with Crippen molar-refractivity contribution in [1.29, 1.82) is 0 Å². The zero-order chi connectivity index (χ0) is 20.2. The zero-order valence-electron chi connectivity index (χ0n) is 16.1. The van der Waals surface area contributed by atoms with Crippen LogP contribution < -0.4 is 10.2 Å². The van der Waals surface area contributed by atoms with E-state index in [1.165, 1.54) is 17.8 Å². The van der Waals surface area contributed by atoms with E-state index in [-0.39, 0.29) is 17.3 Å². The Morgan fingerprint density at radius 2 is 1.93 bits per heavy atom. The number of benzene rings is 2. The van der Waals surface area contributed by atoms with Crippen LogP contribution in [0.2, 0.25) is 0 Å². The van der Waals surface area contributed by atoms with Gasteiger partial charge in [-0.25, -0.2) is 4.39 Å². The van der Waals surface area contributed by atoms with E-state index in [4.69, 9.17) is 0 Å². The maximum absolute atomic E-state index is 14.4. The average Bonchev–Trinajstić information content (AvgIpc) is 3.40. The molecule has 2 heterocycles. The number of para-hydroxylation sites is 1. The van der Waals surface area contributed by atoms with Crippen molar-refractivity contribution in [3.05, 3.63) is 60.2 Å². The van der Waals surface area contributed by atoms with E-state index in [1.54, 1.807) is 12.4 Å². The summed E-state index contributed by atoms with van der Waals surface area (Å²) in [4.78, 5) is 14.7. The van der Waals surface area contributed by atoms with Crippen LogP contribution in [0.4, 0.5) is 15.8 Å². The third-order valence-corrected chi connectivity index (χ3v) is 5.81. The van der Waals surface area contributed by atoms with Crippen molar-refractivity contribution in [2.75, 3.05) is 29.1 Å². The van der Waals surface area contributed by atoms with Gasteiger partial charge >= 0.3 is 0 Å². The molecule has 0 unspecified atom stereocenters. The molecular formula is C21H22FN5OS. The van der Waals surface area contributed by atoms with Gasteiger partial charge < -0.3 is 10.2 Å². The first-order valence-corrected chi connectivity index (χ1v) is 10.5. The van der Waals surface area contributed by atoms with E-state index in [2.05, 4.69) is 20.4 Å². The molecule has 0 saturated carbocycles. The highest BCUT2D eigenvalue weighted by molar-refractivity contribution is 7.99. The lowest BCUT2D eigenvalue weighted by atomic mass is 10.2. The molecule has 6 nitrogen and oxygen atoms in total. The molecule has 1 aliphatic heterocycles. The fraction of sp³-hybridized carbons (Fsp3) is 0.286. The Bertz CT molecular complexity index is 999. The Balaban J connectivity index is 1.44. The van der Waals surface area contributed by atoms with Crippen LogP contribution in [0.5, 0.6) is 0 Å². The maximum Gasteiger partial charge on any atom is 0.234 e. The van der Waals surface area contributed by atoms with Gasteiger partial charge in [-0.1, -0.05) is 35.5 Å². The van der Waals surface area contributed by atoms with Crippen molar-refractivity contribution in [1.82, 2.24) is 14.8 Å². The van der Waals surface area contributed by atoms with Gasteiger partial charge in [-0.2, -0.15) is 0 Å². The lowest BCUT2D eigenvalue weighted by Gasteiger charge is -2.21. The summed E-state index contributed by atoms with van der Waals surface area (Å²) < 4.78 is 16.3. The highest BCUT2D eigenvalue weighted by Gasteiger charge is 2.20. The molecule has 150 valence electrons. The lowest BCUT2D eigenvalue weighted by Crippen LogP contribution is -2.22. The van der Waals surface area contributed by atoms with Gasteiger partial charge in [0, 0.05) is 18.8 Å². The number of nitrogens with zero attached hydrogens (tertiary/aromatic N) is 4. The Morgan fingerprint density at radius 1 is 1.17 bits per heavy atom. The molecule has 1 fully saturated rings. The van der Waals surface area contributed by atoms with Crippen molar-refractivity contribution in [3.8, 4) is 5.69 Å². The van der Waals surface area contributed by atoms with Gasteiger partial charge in [0.05, 0.1) is 11.4 Å². The second kappa shape index (κ2) is 8.65. The van der Waals surface area contributed by atoms with Crippen molar-refractivity contribution >= 4 is 29.0 Å². The Kier molecular flexibility index (Phi) is 5.80. The molecule has 0 aliphatic carbocycles. The van der Waals surface area contributed by atoms with E-state index in [9.17, 15) is 9.18 Å². The van der Waals surface area contributed by atoms with E-state index >= 15 is 0 Å². The number of aromatic nitrogens is 3. The molecule has 1 amide bonds. The van der Waals surface area contributed by atoms with Gasteiger partial charge in [-0.15, -0.1) is 10.2 Å². The van der Waals surface area contributed by atoms with Crippen molar-refractivity contribution in [2.45, 2.75) is 24.9 Å². The van der Waals surface area contributed by atoms with Crippen molar-refractivity contribution in [3.63, 3.8) is 0 Å². The largest absolute Gasteiger partial charge is 0.370 e. The number of hydrogen-bond donors (Lipinski definition) is 1. The number of nitrogens with one attached hydrogen (secondary N) is 1. The Labute approximate surface area is 173 Å². The number of thioether (sulfide) groups is 1. The van der Waals surface area contributed by atoms with Gasteiger partial charge in [0.1, 0.15) is 17.8 Å². The molecule has 0 bridgehead atoms. The molecule has 4 rings (SSSR count). The smallest absolute Gasteiger partial charge is 0.234 e. The fourth-order valence-electron chi connectivity index (χ4n) is 3.37. The highest BCUT2D eigenvalue weighted by atomic mass is 32.2. The summed E-state index contributed by atoms with van der Waals surface area (Å²) in [6.07, 6.45) is 3.77. The predicted octanol–water partition coefficient (Wildman–Crippen LogP) is 4.05. The monoisotopic (exact) mass is 411 g/mol. The summed E-state index contributed by atoms with van der Waals surface area (Å²) in [5, 5.41) is 11.4. The minimum Gasteiger partial charge on any atom is -0.370 e. The predicted molar refractivity (Wildman–Crippen MR) is 113 cm³/mol. The molecule has 0 radical (unpaired) electrons. The fourth-order valence-corrected chi connectivity index (χ4v) is 4.10. The van der Waals surface area contributed by atoms with Crippen LogP contribution in [-0.2, 0) is 4.79 Å². The van der Waals surface area contributed by atoms with Crippen LogP contribution in [0.1, 0.15) is 18.4 Å². The van der Waals surface area contributed by atoms with Crippen LogP contribution >= 0.6 is 11.8 Å². The van der Waals surface area contributed by atoms with Gasteiger partial charge in [0.25, 0.3) is 0 Å². The first kappa shape index (κ1) is 19.4. The topological polar surface area (TPSA) is 63.1 Å². The summed E-state index contributed by atoms with van der Waals surface area (Å²) >= 11 is 1.27. The van der Waals surface area contributed by atoms with Gasteiger partial charge in [0.15, 0.2) is 5.16 Å². The number of carbonyl (C=O) groups is 1.